The Labute approximate surface area is 116 Å². The summed E-state index contributed by atoms with van der Waals surface area (Å²) in [7, 11) is 0. The Balaban J connectivity index is 2.30. The fourth-order valence-electron chi connectivity index (χ4n) is 1.86. The molecule has 5 heteroatoms. The first-order chi connectivity index (χ1) is 9.61. The molecule has 20 heavy (non-hydrogen) atoms. The van der Waals surface area contributed by atoms with Crippen molar-refractivity contribution in [3.63, 3.8) is 0 Å². The predicted octanol–water partition coefficient (Wildman–Crippen LogP) is 2.18. The van der Waals surface area contributed by atoms with Gasteiger partial charge in [0.25, 0.3) is 5.91 Å². The van der Waals surface area contributed by atoms with Gasteiger partial charge in [0.15, 0.2) is 0 Å². The van der Waals surface area contributed by atoms with Gasteiger partial charge in [-0.3, -0.25) is 4.79 Å². The Kier molecular flexibility index (Phi) is 3.87. The van der Waals surface area contributed by atoms with Crippen LogP contribution in [0.1, 0.15) is 15.9 Å². The van der Waals surface area contributed by atoms with Crippen LogP contribution in [-0.2, 0) is 6.42 Å². The van der Waals surface area contributed by atoms with Crippen molar-refractivity contribution in [2.75, 3.05) is 11.1 Å². The summed E-state index contributed by atoms with van der Waals surface area (Å²) in [4.78, 5) is 11.4. The van der Waals surface area contributed by atoms with Crippen molar-refractivity contribution >= 4 is 23.0 Å². The number of nitrogens with zero attached hydrogens (tertiary/aromatic N) is 1. The number of primary amides is 1. The first kappa shape index (κ1) is 13.4. The molecular formula is C15H14N4O. The van der Waals surface area contributed by atoms with Gasteiger partial charge in [-0.15, -0.1) is 0 Å². The first-order valence-corrected chi connectivity index (χ1v) is 6.03. The fourth-order valence-corrected chi connectivity index (χ4v) is 1.86. The van der Waals surface area contributed by atoms with Gasteiger partial charge in [-0.1, -0.05) is 18.2 Å². The number of nitrogens with two attached hydrogens (primary N) is 2. The van der Waals surface area contributed by atoms with Crippen LogP contribution in [0.5, 0.6) is 0 Å². The number of anilines is 3. The zero-order valence-corrected chi connectivity index (χ0v) is 10.8. The number of hydrogen-bond donors (Lipinski definition) is 3. The third kappa shape index (κ3) is 2.87. The largest absolute Gasteiger partial charge is 0.397 e. The van der Waals surface area contributed by atoms with Crippen molar-refractivity contribution in [1.29, 1.82) is 5.26 Å². The Morgan fingerprint density at radius 3 is 2.50 bits per heavy atom. The molecule has 0 radical (unpaired) electrons. The Morgan fingerprint density at radius 2 is 1.90 bits per heavy atom. The van der Waals surface area contributed by atoms with E-state index in [4.69, 9.17) is 16.7 Å². The molecule has 1 amide bonds. The first-order valence-electron chi connectivity index (χ1n) is 6.03. The van der Waals surface area contributed by atoms with E-state index in [2.05, 4.69) is 11.4 Å². The molecule has 100 valence electrons. The molecule has 0 aliphatic heterocycles. The SMILES string of the molecule is N#CCc1ccc(Nc2c(N)cccc2C(N)=O)cc1. The van der Waals surface area contributed by atoms with Gasteiger partial charge < -0.3 is 16.8 Å². The van der Waals surface area contributed by atoms with Crippen molar-refractivity contribution in [3.05, 3.63) is 53.6 Å². The van der Waals surface area contributed by atoms with Crippen molar-refractivity contribution in [3.8, 4) is 6.07 Å². The maximum atomic E-state index is 11.4. The van der Waals surface area contributed by atoms with Crippen LogP contribution in [0.3, 0.4) is 0 Å². The van der Waals surface area contributed by atoms with Gasteiger partial charge in [0.05, 0.1) is 29.4 Å². The zero-order valence-electron chi connectivity index (χ0n) is 10.8. The molecule has 0 aromatic heterocycles. The zero-order chi connectivity index (χ0) is 14.5. The van der Waals surface area contributed by atoms with Crippen LogP contribution in [0.15, 0.2) is 42.5 Å². The molecule has 5 N–H and O–H groups in total. The molecular weight excluding hydrogens is 252 g/mol. The Morgan fingerprint density at radius 1 is 1.20 bits per heavy atom. The lowest BCUT2D eigenvalue weighted by Gasteiger charge is -2.13. The number of carbonyl (C=O) groups is 1. The number of hydrogen-bond acceptors (Lipinski definition) is 4. The summed E-state index contributed by atoms with van der Waals surface area (Å²) in [6, 6.07) is 14.4. The van der Waals surface area contributed by atoms with E-state index in [0.29, 0.717) is 23.4 Å². The summed E-state index contributed by atoms with van der Waals surface area (Å²) in [5.41, 5.74) is 14.2. The van der Waals surface area contributed by atoms with E-state index in [1.165, 1.54) is 0 Å². The lowest BCUT2D eigenvalue weighted by Crippen LogP contribution is -2.14. The lowest BCUT2D eigenvalue weighted by atomic mass is 10.1. The monoisotopic (exact) mass is 266 g/mol. The minimum Gasteiger partial charge on any atom is -0.397 e. The molecule has 0 heterocycles. The van der Waals surface area contributed by atoms with Crippen LogP contribution >= 0.6 is 0 Å². The van der Waals surface area contributed by atoms with Gasteiger partial charge in [-0.25, -0.2) is 0 Å². The molecule has 5 nitrogen and oxygen atoms in total. The van der Waals surface area contributed by atoms with E-state index in [1.807, 2.05) is 24.3 Å². The fraction of sp³-hybridized carbons (Fsp3) is 0.0667. The van der Waals surface area contributed by atoms with Gasteiger partial charge in [-0.05, 0) is 29.8 Å². The lowest BCUT2D eigenvalue weighted by molar-refractivity contribution is 0.100. The normalized spacial score (nSPS) is 9.75. The molecule has 0 saturated heterocycles. The standard InChI is InChI=1S/C15H14N4O/c16-9-8-10-4-6-11(7-5-10)19-14-12(15(18)20)2-1-3-13(14)17/h1-7,19H,8,17H2,(H2,18,20). The van der Waals surface area contributed by atoms with Crippen LogP contribution in [-0.4, -0.2) is 5.91 Å². The van der Waals surface area contributed by atoms with Gasteiger partial charge >= 0.3 is 0 Å². The average Bonchev–Trinajstić information content (AvgIpc) is 2.43. The van der Waals surface area contributed by atoms with Crippen molar-refractivity contribution in [2.45, 2.75) is 6.42 Å². The molecule has 0 fully saturated rings. The highest BCUT2D eigenvalue weighted by atomic mass is 16.1. The minimum atomic E-state index is -0.541. The second kappa shape index (κ2) is 5.76. The Hall–Kier alpha value is -3.00. The maximum Gasteiger partial charge on any atom is 0.250 e. The van der Waals surface area contributed by atoms with Crippen LogP contribution in [0.4, 0.5) is 17.1 Å². The van der Waals surface area contributed by atoms with E-state index >= 15 is 0 Å². The average molecular weight is 266 g/mol. The van der Waals surface area contributed by atoms with Crippen LogP contribution in [0.25, 0.3) is 0 Å². The van der Waals surface area contributed by atoms with E-state index in [9.17, 15) is 4.79 Å². The molecule has 0 aliphatic carbocycles. The summed E-state index contributed by atoms with van der Waals surface area (Å²) >= 11 is 0. The van der Waals surface area contributed by atoms with Gasteiger partial charge in [-0.2, -0.15) is 5.26 Å². The highest BCUT2D eigenvalue weighted by Gasteiger charge is 2.11. The molecule has 2 aromatic carbocycles. The van der Waals surface area contributed by atoms with Crippen LogP contribution in [0.2, 0.25) is 0 Å². The van der Waals surface area contributed by atoms with Crippen molar-refractivity contribution in [1.82, 2.24) is 0 Å². The van der Waals surface area contributed by atoms with Crippen molar-refractivity contribution < 1.29 is 4.79 Å². The number of nitriles is 1. The molecule has 0 aliphatic rings. The van der Waals surface area contributed by atoms with E-state index in [-0.39, 0.29) is 0 Å². The van der Waals surface area contributed by atoms with E-state index < -0.39 is 5.91 Å². The highest BCUT2D eigenvalue weighted by molar-refractivity contribution is 6.02. The number of nitrogens with one attached hydrogen (secondary N) is 1. The number of rotatable bonds is 4. The van der Waals surface area contributed by atoms with Gasteiger partial charge in [0.1, 0.15) is 0 Å². The molecule has 0 bridgehead atoms. The van der Waals surface area contributed by atoms with Crippen LogP contribution < -0.4 is 16.8 Å². The smallest absolute Gasteiger partial charge is 0.250 e. The number of nitrogen functional groups attached to an aromatic ring is 1. The second-order valence-corrected chi connectivity index (χ2v) is 4.29. The van der Waals surface area contributed by atoms with E-state index in [0.717, 1.165) is 11.3 Å². The molecule has 2 aromatic rings. The van der Waals surface area contributed by atoms with E-state index in [1.54, 1.807) is 18.2 Å². The molecule has 0 atom stereocenters. The number of amides is 1. The molecule has 0 unspecified atom stereocenters. The third-order valence-electron chi connectivity index (χ3n) is 2.87. The molecule has 2 rings (SSSR count). The summed E-state index contributed by atoms with van der Waals surface area (Å²) in [5.74, 6) is -0.541. The number of carbonyl (C=O) groups excluding carboxylic acids is 1. The van der Waals surface area contributed by atoms with Crippen LogP contribution in [0, 0.1) is 11.3 Å². The minimum absolute atomic E-state index is 0.339. The summed E-state index contributed by atoms with van der Waals surface area (Å²) < 4.78 is 0. The molecule has 0 saturated carbocycles. The van der Waals surface area contributed by atoms with Gasteiger partial charge in [0, 0.05) is 5.69 Å². The predicted molar refractivity (Wildman–Crippen MR) is 78.4 cm³/mol. The second-order valence-electron chi connectivity index (χ2n) is 4.29. The van der Waals surface area contributed by atoms with Gasteiger partial charge in [0.2, 0.25) is 0 Å². The quantitative estimate of drug-likeness (QED) is 0.737. The topological polar surface area (TPSA) is 105 Å². The number of benzene rings is 2. The van der Waals surface area contributed by atoms with Crippen molar-refractivity contribution in [2.24, 2.45) is 5.73 Å². The summed E-state index contributed by atoms with van der Waals surface area (Å²) in [6.45, 7) is 0. The Bertz CT molecular complexity index is 671. The summed E-state index contributed by atoms with van der Waals surface area (Å²) in [5, 5.41) is 11.7. The summed E-state index contributed by atoms with van der Waals surface area (Å²) in [6.07, 6.45) is 0.361. The maximum absolute atomic E-state index is 11.4. The molecule has 0 spiro atoms. The number of para-hydroxylation sites is 1. The third-order valence-corrected chi connectivity index (χ3v) is 2.87. The highest BCUT2D eigenvalue weighted by Crippen LogP contribution is 2.27.